The van der Waals surface area contributed by atoms with E-state index in [0.29, 0.717) is 11.6 Å². The first kappa shape index (κ1) is 15.1. The van der Waals surface area contributed by atoms with E-state index in [9.17, 15) is 0 Å². The number of rotatable bonds is 4. The van der Waals surface area contributed by atoms with Crippen molar-refractivity contribution in [3.63, 3.8) is 0 Å². The van der Waals surface area contributed by atoms with Gasteiger partial charge in [0.1, 0.15) is 0 Å². The van der Waals surface area contributed by atoms with Crippen molar-refractivity contribution in [1.82, 2.24) is 10.2 Å². The van der Waals surface area contributed by atoms with Crippen molar-refractivity contribution in [2.24, 2.45) is 0 Å². The SMILES string of the molecule is CCC(CC)N1CC(c2ccccc2)NCC12CCCC2. The average Bonchev–Trinajstić information content (AvgIpc) is 3.00. The molecular weight excluding hydrogens is 256 g/mol. The number of hydrogen-bond acceptors (Lipinski definition) is 2. The summed E-state index contributed by atoms with van der Waals surface area (Å²) in [4.78, 5) is 2.88. The highest BCUT2D eigenvalue weighted by Crippen LogP contribution is 2.41. The highest BCUT2D eigenvalue weighted by Gasteiger charge is 2.45. The third kappa shape index (κ3) is 2.89. The third-order valence-electron chi connectivity index (χ3n) is 5.79. The molecule has 1 aliphatic heterocycles. The minimum absolute atomic E-state index is 0.446. The van der Waals surface area contributed by atoms with Gasteiger partial charge in [-0.15, -0.1) is 0 Å². The first-order valence-corrected chi connectivity index (χ1v) is 8.84. The molecule has 2 aliphatic rings. The molecule has 1 aromatic carbocycles. The Morgan fingerprint density at radius 3 is 2.43 bits per heavy atom. The van der Waals surface area contributed by atoms with Crippen LogP contribution >= 0.6 is 0 Å². The van der Waals surface area contributed by atoms with Crippen LogP contribution in [0.1, 0.15) is 64.0 Å². The van der Waals surface area contributed by atoms with Crippen molar-refractivity contribution >= 4 is 0 Å². The Morgan fingerprint density at radius 2 is 1.81 bits per heavy atom. The average molecular weight is 286 g/mol. The standard InChI is InChI=1S/C19H30N2/c1-3-17(4-2)21-14-18(16-10-6-5-7-11-16)20-15-19(21)12-8-9-13-19/h5-7,10-11,17-18,20H,3-4,8-9,12-15H2,1-2H3. The largest absolute Gasteiger partial charge is 0.307 e. The summed E-state index contributed by atoms with van der Waals surface area (Å²) < 4.78 is 0. The van der Waals surface area contributed by atoms with Gasteiger partial charge < -0.3 is 5.32 Å². The Kier molecular flexibility index (Phi) is 4.66. The molecule has 0 bridgehead atoms. The predicted molar refractivity (Wildman–Crippen MR) is 89.5 cm³/mol. The smallest absolute Gasteiger partial charge is 0.0450 e. The molecule has 3 rings (SSSR count). The maximum atomic E-state index is 3.86. The zero-order valence-corrected chi connectivity index (χ0v) is 13.6. The van der Waals surface area contributed by atoms with Gasteiger partial charge in [0.2, 0.25) is 0 Å². The van der Waals surface area contributed by atoms with Crippen LogP contribution in [-0.2, 0) is 0 Å². The molecule has 1 saturated carbocycles. The van der Waals surface area contributed by atoms with Crippen LogP contribution in [0, 0.1) is 0 Å². The molecule has 1 aliphatic carbocycles. The van der Waals surface area contributed by atoms with Crippen molar-refractivity contribution in [2.75, 3.05) is 13.1 Å². The lowest BCUT2D eigenvalue weighted by molar-refractivity contribution is 0.00145. The van der Waals surface area contributed by atoms with Gasteiger partial charge in [0.25, 0.3) is 0 Å². The summed E-state index contributed by atoms with van der Waals surface area (Å²) in [7, 11) is 0. The molecule has 1 spiro atoms. The normalized spacial score (nSPS) is 25.8. The topological polar surface area (TPSA) is 15.3 Å². The van der Waals surface area contributed by atoms with Gasteiger partial charge in [-0.1, -0.05) is 57.0 Å². The Balaban J connectivity index is 1.82. The molecule has 1 atom stereocenters. The Morgan fingerprint density at radius 1 is 1.14 bits per heavy atom. The lowest BCUT2D eigenvalue weighted by Gasteiger charge is -2.52. The fraction of sp³-hybridized carbons (Fsp3) is 0.684. The van der Waals surface area contributed by atoms with Crippen LogP contribution in [0.2, 0.25) is 0 Å². The molecule has 2 nitrogen and oxygen atoms in total. The molecule has 21 heavy (non-hydrogen) atoms. The van der Waals surface area contributed by atoms with E-state index in [0.717, 1.165) is 6.04 Å². The van der Waals surface area contributed by atoms with Crippen molar-refractivity contribution in [2.45, 2.75) is 70.0 Å². The minimum atomic E-state index is 0.446. The molecule has 0 amide bonds. The second-order valence-electron chi connectivity index (χ2n) is 6.90. The van der Waals surface area contributed by atoms with E-state index in [2.05, 4.69) is 54.4 Å². The molecule has 2 heteroatoms. The number of benzene rings is 1. The molecule has 1 saturated heterocycles. The molecule has 2 fully saturated rings. The summed E-state index contributed by atoms with van der Waals surface area (Å²) in [5.74, 6) is 0. The quantitative estimate of drug-likeness (QED) is 0.895. The number of nitrogens with one attached hydrogen (secondary N) is 1. The van der Waals surface area contributed by atoms with Crippen LogP contribution < -0.4 is 5.32 Å². The monoisotopic (exact) mass is 286 g/mol. The zero-order valence-electron chi connectivity index (χ0n) is 13.6. The lowest BCUT2D eigenvalue weighted by atomic mass is 9.86. The summed E-state index contributed by atoms with van der Waals surface area (Å²) in [6, 6.07) is 12.2. The van der Waals surface area contributed by atoms with Crippen LogP contribution in [0.4, 0.5) is 0 Å². The van der Waals surface area contributed by atoms with E-state index in [-0.39, 0.29) is 0 Å². The Hall–Kier alpha value is -0.860. The Bertz CT molecular complexity index is 432. The lowest BCUT2D eigenvalue weighted by Crippen LogP contribution is -2.63. The summed E-state index contributed by atoms with van der Waals surface area (Å²) in [6.45, 7) is 7.06. The van der Waals surface area contributed by atoms with Gasteiger partial charge >= 0.3 is 0 Å². The molecule has 116 valence electrons. The van der Waals surface area contributed by atoms with Crippen LogP contribution in [0.15, 0.2) is 30.3 Å². The van der Waals surface area contributed by atoms with Crippen LogP contribution in [-0.4, -0.2) is 29.6 Å². The second-order valence-corrected chi connectivity index (χ2v) is 6.90. The van der Waals surface area contributed by atoms with Gasteiger partial charge in [-0.25, -0.2) is 0 Å². The van der Waals surface area contributed by atoms with Crippen LogP contribution in [0.5, 0.6) is 0 Å². The van der Waals surface area contributed by atoms with Crippen molar-refractivity contribution in [1.29, 1.82) is 0 Å². The third-order valence-corrected chi connectivity index (χ3v) is 5.79. The summed E-state index contributed by atoms with van der Waals surface area (Å²) in [5, 5.41) is 3.86. The predicted octanol–water partition coefficient (Wildman–Crippen LogP) is 4.13. The first-order valence-electron chi connectivity index (χ1n) is 8.84. The fourth-order valence-corrected chi connectivity index (χ4v) is 4.54. The summed E-state index contributed by atoms with van der Waals surface area (Å²) in [6.07, 6.45) is 8.15. The number of nitrogens with zero attached hydrogens (tertiary/aromatic N) is 1. The second kappa shape index (κ2) is 6.50. The molecule has 0 radical (unpaired) electrons. The maximum Gasteiger partial charge on any atom is 0.0450 e. The van der Waals surface area contributed by atoms with Crippen molar-refractivity contribution in [3.05, 3.63) is 35.9 Å². The van der Waals surface area contributed by atoms with E-state index in [1.807, 2.05) is 0 Å². The van der Waals surface area contributed by atoms with Gasteiger partial charge in [0.15, 0.2) is 0 Å². The zero-order chi connectivity index (χ0) is 14.7. The van der Waals surface area contributed by atoms with Gasteiger partial charge in [-0.05, 0) is 31.2 Å². The number of hydrogen-bond donors (Lipinski definition) is 1. The maximum absolute atomic E-state index is 3.86. The van der Waals surface area contributed by atoms with Crippen LogP contribution in [0.25, 0.3) is 0 Å². The molecule has 1 heterocycles. The van der Waals surface area contributed by atoms with Gasteiger partial charge in [0, 0.05) is 30.7 Å². The molecule has 1 N–H and O–H groups in total. The van der Waals surface area contributed by atoms with E-state index in [1.165, 1.54) is 57.2 Å². The molecular formula is C19H30N2. The van der Waals surface area contributed by atoms with Gasteiger partial charge in [0.05, 0.1) is 0 Å². The summed E-state index contributed by atoms with van der Waals surface area (Å²) >= 11 is 0. The van der Waals surface area contributed by atoms with Gasteiger partial charge in [-0.2, -0.15) is 0 Å². The highest BCUT2D eigenvalue weighted by molar-refractivity contribution is 5.21. The van der Waals surface area contributed by atoms with Gasteiger partial charge in [-0.3, -0.25) is 4.90 Å². The van der Waals surface area contributed by atoms with E-state index < -0.39 is 0 Å². The molecule has 0 aromatic heterocycles. The molecule has 1 aromatic rings. The highest BCUT2D eigenvalue weighted by atomic mass is 15.3. The van der Waals surface area contributed by atoms with E-state index in [4.69, 9.17) is 0 Å². The van der Waals surface area contributed by atoms with Crippen LogP contribution in [0.3, 0.4) is 0 Å². The summed E-state index contributed by atoms with van der Waals surface area (Å²) in [5.41, 5.74) is 1.89. The number of piperazine rings is 1. The molecule has 1 unspecified atom stereocenters. The van der Waals surface area contributed by atoms with E-state index in [1.54, 1.807) is 0 Å². The van der Waals surface area contributed by atoms with E-state index >= 15 is 0 Å². The Labute approximate surface area is 129 Å². The van der Waals surface area contributed by atoms with Crippen molar-refractivity contribution < 1.29 is 0 Å². The minimum Gasteiger partial charge on any atom is -0.307 e. The first-order chi connectivity index (χ1) is 10.3. The van der Waals surface area contributed by atoms with Crippen molar-refractivity contribution in [3.8, 4) is 0 Å². The fourth-order valence-electron chi connectivity index (χ4n) is 4.54.